The number of likely N-dealkylation sites (N-methyl/N-ethyl adjacent to an activating group) is 1. The van der Waals surface area contributed by atoms with Crippen molar-refractivity contribution in [2.75, 3.05) is 20.3 Å². The van der Waals surface area contributed by atoms with E-state index in [1.807, 2.05) is 13.8 Å². The van der Waals surface area contributed by atoms with Crippen LogP contribution in [-0.4, -0.2) is 48.3 Å². The zero-order valence-electron chi connectivity index (χ0n) is 10.4. The van der Waals surface area contributed by atoms with Crippen LogP contribution in [0.4, 0.5) is 0 Å². The van der Waals surface area contributed by atoms with Gasteiger partial charge in [0.05, 0.1) is 12.5 Å². The van der Waals surface area contributed by atoms with Crippen LogP contribution >= 0.6 is 0 Å². The summed E-state index contributed by atoms with van der Waals surface area (Å²) >= 11 is 0. The van der Waals surface area contributed by atoms with Crippen LogP contribution in [0.3, 0.4) is 0 Å². The summed E-state index contributed by atoms with van der Waals surface area (Å²) in [4.78, 5) is 13.0. The summed E-state index contributed by atoms with van der Waals surface area (Å²) in [6.07, 6.45) is 0. The van der Waals surface area contributed by atoms with Crippen molar-refractivity contribution in [3.05, 3.63) is 0 Å². The Hall–Kier alpha value is -0.610. The maximum atomic E-state index is 10.9. The number of carboxylic acid groups (broad SMARTS) is 1. The predicted molar refractivity (Wildman–Crippen MR) is 60.0 cm³/mol. The molecule has 0 aliphatic carbocycles. The Balaban J connectivity index is 4.44. The fourth-order valence-corrected chi connectivity index (χ4v) is 1.83. The zero-order chi connectivity index (χ0) is 12.0. The van der Waals surface area contributed by atoms with Gasteiger partial charge in [-0.25, -0.2) is 0 Å². The smallest absolute Gasteiger partial charge is 0.307 e. The molecule has 0 saturated carbocycles. The van der Waals surface area contributed by atoms with E-state index in [9.17, 15) is 4.79 Å². The van der Waals surface area contributed by atoms with Crippen molar-refractivity contribution in [3.63, 3.8) is 0 Å². The largest absolute Gasteiger partial charge is 0.481 e. The van der Waals surface area contributed by atoms with Crippen LogP contribution in [0.25, 0.3) is 0 Å². The normalized spacial score (nSPS) is 17.5. The number of aliphatic carboxylic acids is 1. The summed E-state index contributed by atoms with van der Waals surface area (Å²) in [5.41, 5.74) is 0. The lowest BCUT2D eigenvalue weighted by molar-refractivity contribution is -0.143. The zero-order valence-corrected chi connectivity index (χ0v) is 10.4. The first kappa shape index (κ1) is 14.4. The van der Waals surface area contributed by atoms with Crippen LogP contribution in [0.5, 0.6) is 0 Å². The number of methoxy groups -OCH3 is 1. The van der Waals surface area contributed by atoms with E-state index < -0.39 is 5.97 Å². The summed E-state index contributed by atoms with van der Waals surface area (Å²) < 4.78 is 5.09. The molecule has 4 heteroatoms. The highest BCUT2D eigenvalue weighted by molar-refractivity contribution is 5.70. The van der Waals surface area contributed by atoms with Gasteiger partial charge in [-0.15, -0.1) is 0 Å². The Morgan fingerprint density at radius 1 is 1.40 bits per heavy atom. The van der Waals surface area contributed by atoms with Crippen LogP contribution in [0, 0.1) is 5.92 Å². The summed E-state index contributed by atoms with van der Waals surface area (Å²) in [6, 6.07) is 0.273. The predicted octanol–water partition coefficient (Wildman–Crippen LogP) is 1.45. The number of rotatable bonds is 7. The van der Waals surface area contributed by atoms with Crippen molar-refractivity contribution >= 4 is 5.97 Å². The average molecular weight is 217 g/mol. The molecule has 0 fully saturated rings. The number of carbonyl (C=O) groups is 1. The third-order valence-corrected chi connectivity index (χ3v) is 2.98. The number of nitrogens with zero attached hydrogens (tertiary/aromatic N) is 1. The van der Waals surface area contributed by atoms with Gasteiger partial charge in [0.1, 0.15) is 0 Å². The molecule has 4 nitrogen and oxygen atoms in total. The van der Waals surface area contributed by atoms with Gasteiger partial charge in [-0.05, 0) is 20.4 Å². The quantitative estimate of drug-likeness (QED) is 0.701. The van der Waals surface area contributed by atoms with Crippen molar-refractivity contribution in [1.29, 1.82) is 0 Å². The highest BCUT2D eigenvalue weighted by Crippen LogP contribution is 2.14. The Morgan fingerprint density at radius 2 is 1.93 bits per heavy atom. The fraction of sp³-hybridized carbons (Fsp3) is 0.909. The number of carboxylic acids is 1. The van der Waals surface area contributed by atoms with E-state index in [0.717, 1.165) is 6.54 Å². The molecule has 90 valence electrons. The molecular formula is C11H23NO3. The molecule has 15 heavy (non-hydrogen) atoms. The van der Waals surface area contributed by atoms with E-state index in [0.29, 0.717) is 6.61 Å². The minimum Gasteiger partial charge on any atom is -0.481 e. The minimum absolute atomic E-state index is 0.0256. The second-order valence-corrected chi connectivity index (χ2v) is 4.00. The van der Waals surface area contributed by atoms with Crippen LogP contribution in [0.1, 0.15) is 27.7 Å². The van der Waals surface area contributed by atoms with E-state index in [1.165, 1.54) is 0 Å². The Labute approximate surface area is 92.2 Å². The first-order valence-corrected chi connectivity index (χ1v) is 5.43. The molecule has 0 spiro atoms. The molecule has 0 amide bonds. The van der Waals surface area contributed by atoms with Crippen molar-refractivity contribution in [2.45, 2.75) is 39.8 Å². The van der Waals surface area contributed by atoms with Crippen molar-refractivity contribution in [1.82, 2.24) is 4.90 Å². The van der Waals surface area contributed by atoms with Crippen LogP contribution in [-0.2, 0) is 9.53 Å². The fourth-order valence-electron chi connectivity index (χ4n) is 1.83. The van der Waals surface area contributed by atoms with Gasteiger partial charge in [0.15, 0.2) is 0 Å². The topological polar surface area (TPSA) is 49.8 Å². The summed E-state index contributed by atoms with van der Waals surface area (Å²) in [5, 5.41) is 8.95. The van der Waals surface area contributed by atoms with Crippen molar-refractivity contribution < 1.29 is 14.6 Å². The number of hydrogen-bond donors (Lipinski definition) is 1. The van der Waals surface area contributed by atoms with Crippen molar-refractivity contribution in [2.24, 2.45) is 5.92 Å². The van der Waals surface area contributed by atoms with Crippen LogP contribution in [0.2, 0.25) is 0 Å². The third kappa shape index (κ3) is 4.18. The summed E-state index contributed by atoms with van der Waals surface area (Å²) in [7, 11) is 1.66. The number of ether oxygens (including phenoxy) is 1. The molecule has 1 N–H and O–H groups in total. The lowest BCUT2D eigenvalue weighted by Crippen LogP contribution is -2.47. The molecule has 0 aliphatic heterocycles. The maximum Gasteiger partial charge on any atom is 0.307 e. The van der Waals surface area contributed by atoms with Crippen molar-refractivity contribution in [3.8, 4) is 0 Å². The average Bonchev–Trinajstić information content (AvgIpc) is 2.17. The van der Waals surface area contributed by atoms with Crippen LogP contribution < -0.4 is 0 Å². The summed E-state index contributed by atoms with van der Waals surface area (Å²) in [6.45, 7) is 9.26. The Morgan fingerprint density at radius 3 is 2.27 bits per heavy atom. The van der Waals surface area contributed by atoms with Gasteiger partial charge >= 0.3 is 5.97 Å². The molecule has 0 bridgehead atoms. The van der Waals surface area contributed by atoms with E-state index in [-0.39, 0.29) is 18.0 Å². The highest BCUT2D eigenvalue weighted by atomic mass is 16.5. The lowest BCUT2D eigenvalue weighted by Gasteiger charge is -2.35. The molecule has 3 unspecified atom stereocenters. The Kier molecular flexibility index (Phi) is 6.52. The molecule has 0 aromatic rings. The lowest BCUT2D eigenvalue weighted by atomic mass is 10.0. The molecule has 0 rings (SSSR count). The number of hydrogen-bond acceptors (Lipinski definition) is 3. The third-order valence-electron chi connectivity index (χ3n) is 2.98. The molecule has 0 aliphatic rings. The summed E-state index contributed by atoms with van der Waals surface area (Å²) in [5.74, 6) is -1.10. The van der Waals surface area contributed by atoms with Gasteiger partial charge < -0.3 is 9.84 Å². The van der Waals surface area contributed by atoms with E-state index in [4.69, 9.17) is 9.84 Å². The molecule has 0 saturated heterocycles. The SMILES string of the molecule is CCN(C(C)COC)C(C)C(C)C(=O)O. The molecule has 0 aromatic carbocycles. The van der Waals surface area contributed by atoms with Gasteiger partial charge in [-0.3, -0.25) is 9.69 Å². The van der Waals surface area contributed by atoms with Crippen LogP contribution in [0.15, 0.2) is 0 Å². The Bertz CT molecular complexity index is 196. The van der Waals surface area contributed by atoms with E-state index in [2.05, 4.69) is 11.8 Å². The molecule has 0 aromatic heterocycles. The van der Waals surface area contributed by atoms with E-state index >= 15 is 0 Å². The second-order valence-electron chi connectivity index (χ2n) is 4.00. The first-order chi connectivity index (χ1) is 6.95. The van der Waals surface area contributed by atoms with Gasteiger partial charge in [0, 0.05) is 19.2 Å². The van der Waals surface area contributed by atoms with Gasteiger partial charge in [0.25, 0.3) is 0 Å². The van der Waals surface area contributed by atoms with E-state index in [1.54, 1.807) is 14.0 Å². The minimum atomic E-state index is -0.745. The standard InChI is InChI=1S/C11H23NO3/c1-6-12(8(2)7-15-5)10(4)9(3)11(13)14/h8-10H,6-7H2,1-5H3,(H,13,14). The van der Waals surface area contributed by atoms with Gasteiger partial charge in [-0.2, -0.15) is 0 Å². The highest BCUT2D eigenvalue weighted by Gasteiger charge is 2.27. The van der Waals surface area contributed by atoms with Gasteiger partial charge in [0.2, 0.25) is 0 Å². The monoisotopic (exact) mass is 217 g/mol. The maximum absolute atomic E-state index is 10.9. The first-order valence-electron chi connectivity index (χ1n) is 5.43. The van der Waals surface area contributed by atoms with Gasteiger partial charge in [-0.1, -0.05) is 13.8 Å². The molecular weight excluding hydrogens is 194 g/mol. The second kappa shape index (κ2) is 6.80. The molecule has 3 atom stereocenters. The molecule has 0 heterocycles. The molecule has 0 radical (unpaired) electrons.